The third kappa shape index (κ3) is 4.52. The Balaban J connectivity index is 1.80. The van der Waals surface area contributed by atoms with Crippen molar-refractivity contribution in [2.75, 3.05) is 30.0 Å². The van der Waals surface area contributed by atoms with E-state index in [2.05, 4.69) is 18.7 Å². The lowest BCUT2D eigenvalue weighted by Crippen LogP contribution is -2.27. The van der Waals surface area contributed by atoms with Gasteiger partial charge in [-0.2, -0.15) is 0 Å². The summed E-state index contributed by atoms with van der Waals surface area (Å²) in [5.41, 5.74) is 3.15. The minimum Gasteiger partial charge on any atom is -0.465 e. The molecule has 7 heteroatoms. The second kappa shape index (κ2) is 9.24. The summed E-state index contributed by atoms with van der Waals surface area (Å²) in [4.78, 5) is 28.8. The average Bonchev–Trinajstić information content (AvgIpc) is 3.02. The molecule has 0 saturated carbocycles. The van der Waals surface area contributed by atoms with Gasteiger partial charge in [0.15, 0.2) is 4.32 Å². The van der Waals surface area contributed by atoms with Gasteiger partial charge in [0.1, 0.15) is 0 Å². The van der Waals surface area contributed by atoms with Gasteiger partial charge in [0.2, 0.25) is 0 Å². The van der Waals surface area contributed by atoms with E-state index in [4.69, 9.17) is 17.0 Å². The fourth-order valence-corrected chi connectivity index (χ4v) is 4.38. The van der Waals surface area contributed by atoms with Gasteiger partial charge in [-0.05, 0) is 61.9 Å². The lowest BCUT2D eigenvalue weighted by atomic mass is 10.1. The number of benzene rings is 2. The Kier molecular flexibility index (Phi) is 6.71. The summed E-state index contributed by atoms with van der Waals surface area (Å²) in [5, 5.41) is 0. The van der Waals surface area contributed by atoms with E-state index in [0.717, 1.165) is 30.0 Å². The summed E-state index contributed by atoms with van der Waals surface area (Å²) in [6.07, 6.45) is 1.78. The molecule has 1 aliphatic heterocycles. The van der Waals surface area contributed by atoms with Crippen LogP contribution in [0.15, 0.2) is 53.4 Å². The highest BCUT2D eigenvalue weighted by atomic mass is 32.2. The van der Waals surface area contributed by atoms with Crippen molar-refractivity contribution in [3.05, 3.63) is 64.6 Å². The number of esters is 1. The van der Waals surface area contributed by atoms with Crippen LogP contribution in [0.3, 0.4) is 0 Å². The molecule has 29 heavy (non-hydrogen) atoms. The summed E-state index contributed by atoms with van der Waals surface area (Å²) in [7, 11) is 1.34. The number of nitrogens with zero attached hydrogens (tertiary/aromatic N) is 2. The van der Waals surface area contributed by atoms with Gasteiger partial charge in [0, 0.05) is 18.8 Å². The number of hydrogen-bond donors (Lipinski definition) is 0. The normalized spacial score (nSPS) is 15.1. The number of carbonyl (C=O) groups is 2. The summed E-state index contributed by atoms with van der Waals surface area (Å²) < 4.78 is 5.20. The van der Waals surface area contributed by atoms with Crippen molar-refractivity contribution < 1.29 is 14.3 Å². The van der Waals surface area contributed by atoms with Crippen molar-refractivity contribution >= 4 is 57.6 Å². The van der Waals surface area contributed by atoms with Gasteiger partial charge in [-0.1, -0.05) is 36.1 Å². The monoisotopic (exact) mass is 426 g/mol. The summed E-state index contributed by atoms with van der Waals surface area (Å²) in [6.45, 7) is 6.08. The zero-order valence-electron chi connectivity index (χ0n) is 16.5. The largest absolute Gasteiger partial charge is 0.465 e. The molecule has 0 N–H and O–H groups in total. The molecule has 0 bridgehead atoms. The number of hydrogen-bond acceptors (Lipinski definition) is 6. The molecular weight excluding hydrogens is 404 g/mol. The number of carbonyl (C=O) groups excluding carboxylic acids is 2. The van der Waals surface area contributed by atoms with Crippen LogP contribution in [0.1, 0.15) is 29.8 Å². The Morgan fingerprint density at radius 1 is 1.10 bits per heavy atom. The highest BCUT2D eigenvalue weighted by Gasteiger charge is 2.33. The zero-order chi connectivity index (χ0) is 21.0. The van der Waals surface area contributed by atoms with Crippen LogP contribution in [-0.4, -0.2) is 36.4 Å². The first kappa shape index (κ1) is 21.1. The quantitative estimate of drug-likeness (QED) is 0.378. The van der Waals surface area contributed by atoms with Gasteiger partial charge >= 0.3 is 5.97 Å². The molecule has 1 aliphatic rings. The maximum atomic E-state index is 12.9. The minimum absolute atomic E-state index is 0.146. The van der Waals surface area contributed by atoms with Crippen LogP contribution < -0.4 is 9.80 Å². The van der Waals surface area contributed by atoms with Crippen molar-refractivity contribution in [3.63, 3.8) is 0 Å². The number of methoxy groups -OCH3 is 1. The topological polar surface area (TPSA) is 49.9 Å². The fourth-order valence-electron chi connectivity index (χ4n) is 3.08. The Morgan fingerprint density at radius 2 is 1.72 bits per heavy atom. The molecule has 5 nitrogen and oxygen atoms in total. The summed E-state index contributed by atoms with van der Waals surface area (Å²) in [6, 6.07) is 14.8. The van der Waals surface area contributed by atoms with E-state index in [1.54, 1.807) is 35.2 Å². The van der Waals surface area contributed by atoms with E-state index in [1.165, 1.54) is 18.9 Å². The second-order valence-corrected chi connectivity index (χ2v) is 8.00. The molecule has 1 heterocycles. The number of ether oxygens (including phenoxy) is 1. The molecule has 0 aliphatic carbocycles. The van der Waals surface area contributed by atoms with Crippen LogP contribution in [0.25, 0.3) is 6.08 Å². The molecule has 0 atom stereocenters. The molecule has 1 fully saturated rings. The van der Waals surface area contributed by atoms with Crippen LogP contribution in [-0.2, 0) is 9.53 Å². The van der Waals surface area contributed by atoms with Gasteiger partial charge in [-0.3, -0.25) is 9.69 Å². The maximum absolute atomic E-state index is 12.9. The van der Waals surface area contributed by atoms with Crippen LogP contribution in [0.4, 0.5) is 11.4 Å². The standard InChI is InChI=1S/C22H22N2O3S2/c1-4-23(5-2)17-10-12-18(13-11-17)24-20(25)19(29-22(24)28)14-15-6-8-16(9-7-15)21(26)27-3/h6-14H,4-5H2,1-3H3/b19-14-. The molecule has 2 aromatic rings. The van der Waals surface area contributed by atoms with E-state index in [0.29, 0.717) is 14.8 Å². The molecule has 150 valence electrons. The van der Waals surface area contributed by atoms with E-state index in [-0.39, 0.29) is 5.91 Å². The molecule has 1 amide bonds. The van der Waals surface area contributed by atoms with E-state index in [1.807, 2.05) is 24.3 Å². The molecule has 0 spiro atoms. The molecule has 2 aromatic carbocycles. The summed E-state index contributed by atoms with van der Waals surface area (Å²) in [5.74, 6) is -0.538. The molecule has 0 unspecified atom stereocenters. The van der Waals surface area contributed by atoms with Crippen molar-refractivity contribution in [1.29, 1.82) is 0 Å². The Labute approximate surface area is 180 Å². The first-order valence-electron chi connectivity index (χ1n) is 9.29. The van der Waals surface area contributed by atoms with Gasteiger partial charge in [0.25, 0.3) is 5.91 Å². The number of anilines is 2. The first-order valence-corrected chi connectivity index (χ1v) is 10.5. The zero-order valence-corrected chi connectivity index (χ0v) is 18.2. The van der Waals surface area contributed by atoms with Gasteiger partial charge in [0.05, 0.1) is 23.3 Å². The van der Waals surface area contributed by atoms with Gasteiger partial charge in [-0.25, -0.2) is 4.79 Å². The fraction of sp³-hybridized carbons (Fsp3) is 0.227. The smallest absolute Gasteiger partial charge is 0.337 e. The third-order valence-corrected chi connectivity index (χ3v) is 5.96. The predicted octanol–water partition coefficient (Wildman–Crippen LogP) is 4.73. The minimum atomic E-state index is -0.393. The van der Waals surface area contributed by atoms with Crippen molar-refractivity contribution in [1.82, 2.24) is 0 Å². The summed E-state index contributed by atoms with van der Waals surface area (Å²) >= 11 is 6.72. The Hall–Kier alpha value is -2.64. The van der Waals surface area contributed by atoms with Crippen LogP contribution >= 0.6 is 24.0 Å². The number of amides is 1. The maximum Gasteiger partial charge on any atom is 0.337 e. The van der Waals surface area contributed by atoms with E-state index < -0.39 is 5.97 Å². The Morgan fingerprint density at radius 3 is 2.28 bits per heavy atom. The number of rotatable bonds is 6. The van der Waals surface area contributed by atoms with Crippen LogP contribution in [0, 0.1) is 0 Å². The molecular formula is C22H22N2O3S2. The van der Waals surface area contributed by atoms with Crippen molar-refractivity contribution in [3.8, 4) is 0 Å². The average molecular weight is 427 g/mol. The van der Waals surface area contributed by atoms with Crippen molar-refractivity contribution in [2.45, 2.75) is 13.8 Å². The van der Waals surface area contributed by atoms with E-state index >= 15 is 0 Å². The van der Waals surface area contributed by atoms with Crippen LogP contribution in [0.2, 0.25) is 0 Å². The lowest BCUT2D eigenvalue weighted by Gasteiger charge is -2.22. The van der Waals surface area contributed by atoms with Gasteiger partial charge < -0.3 is 9.64 Å². The van der Waals surface area contributed by atoms with Gasteiger partial charge in [-0.15, -0.1) is 0 Å². The lowest BCUT2D eigenvalue weighted by molar-refractivity contribution is -0.113. The first-order chi connectivity index (χ1) is 14.0. The van der Waals surface area contributed by atoms with E-state index in [9.17, 15) is 9.59 Å². The van der Waals surface area contributed by atoms with Crippen molar-refractivity contribution in [2.24, 2.45) is 0 Å². The van der Waals surface area contributed by atoms with Crippen LogP contribution in [0.5, 0.6) is 0 Å². The predicted molar refractivity (Wildman–Crippen MR) is 123 cm³/mol. The second-order valence-electron chi connectivity index (χ2n) is 6.32. The molecule has 3 rings (SSSR count). The highest BCUT2D eigenvalue weighted by Crippen LogP contribution is 2.36. The molecule has 0 radical (unpaired) electrons. The SMILES string of the molecule is CCN(CC)c1ccc(N2C(=O)/C(=C/c3ccc(C(=O)OC)cc3)SC2=S)cc1. The third-order valence-electron chi connectivity index (χ3n) is 4.66. The Bertz CT molecular complexity index is 949. The number of thioether (sulfide) groups is 1. The molecule has 1 saturated heterocycles. The molecule has 0 aromatic heterocycles. The number of thiocarbonyl (C=S) groups is 1. The highest BCUT2D eigenvalue weighted by molar-refractivity contribution is 8.27.